The molecule has 0 N–H and O–H groups in total. The Morgan fingerprint density at radius 2 is 1.88 bits per heavy atom. The lowest BCUT2D eigenvalue weighted by Gasteiger charge is -2.45. The Morgan fingerprint density at radius 1 is 1.21 bits per heavy atom. The van der Waals surface area contributed by atoms with Gasteiger partial charge in [-0.3, -0.25) is 4.90 Å². The minimum absolute atomic E-state index is 0.174. The molecule has 1 fully saturated rings. The molecule has 4 nitrogen and oxygen atoms in total. The fourth-order valence-corrected chi connectivity index (χ4v) is 3.26. The van der Waals surface area contributed by atoms with Crippen LogP contribution in [-0.4, -0.2) is 46.7 Å². The van der Waals surface area contributed by atoms with Crippen molar-refractivity contribution in [3.8, 4) is 0 Å². The molecule has 1 unspecified atom stereocenters. The van der Waals surface area contributed by atoms with E-state index < -0.39 is 5.60 Å². The van der Waals surface area contributed by atoms with E-state index >= 15 is 0 Å². The van der Waals surface area contributed by atoms with Crippen LogP contribution in [0, 0.1) is 0 Å². The number of carbonyl (C=O) groups is 1. The number of rotatable bonds is 4. The van der Waals surface area contributed by atoms with Crippen LogP contribution in [0.1, 0.15) is 53.0 Å². The summed E-state index contributed by atoms with van der Waals surface area (Å²) in [5.41, 5.74) is 0.878. The van der Waals surface area contributed by atoms with Gasteiger partial charge in [-0.05, 0) is 39.7 Å². The summed E-state index contributed by atoms with van der Waals surface area (Å²) in [5.74, 6) is 0. The van der Waals surface area contributed by atoms with Gasteiger partial charge in [-0.25, -0.2) is 4.79 Å². The lowest BCUT2D eigenvalue weighted by molar-refractivity contribution is -0.0168. The van der Waals surface area contributed by atoms with Gasteiger partial charge in [0.05, 0.1) is 0 Å². The van der Waals surface area contributed by atoms with Crippen molar-refractivity contribution in [3.63, 3.8) is 0 Å². The maximum atomic E-state index is 12.6. The highest BCUT2D eigenvalue weighted by molar-refractivity contribution is 5.68. The minimum atomic E-state index is -0.446. The summed E-state index contributed by atoms with van der Waals surface area (Å²) in [6.07, 6.45) is 1.90. The number of piperazine rings is 1. The van der Waals surface area contributed by atoms with Crippen molar-refractivity contribution in [2.45, 2.75) is 71.7 Å². The lowest BCUT2D eigenvalue weighted by atomic mass is 10.0. The molecule has 1 aromatic rings. The number of hydrogen-bond donors (Lipinski definition) is 0. The molecule has 1 amide bonds. The molecule has 2 rings (SSSR count). The van der Waals surface area contributed by atoms with Crippen LogP contribution in [0.4, 0.5) is 4.79 Å². The molecular formula is C20H32N2O2. The SMILES string of the molecule is CCC[C@@H]1CN(Cc2ccccc2)C(C)CN1C(=O)OC(C)(C)C. The van der Waals surface area contributed by atoms with Gasteiger partial charge in [0, 0.05) is 31.7 Å². The molecule has 1 aliphatic rings. The van der Waals surface area contributed by atoms with E-state index in [1.807, 2.05) is 31.7 Å². The number of benzene rings is 1. The Bertz CT molecular complexity index is 524. The third-order valence-corrected chi connectivity index (χ3v) is 4.45. The molecule has 1 aromatic carbocycles. The highest BCUT2D eigenvalue weighted by Crippen LogP contribution is 2.23. The summed E-state index contributed by atoms with van der Waals surface area (Å²) < 4.78 is 5.62. The molecule has 0 radical (unpaired) electrons. The second kappa shape index (κ2) is 8.02. The predicted octanol–water partition coefficient (Wildman–Crippen LogP) is 4.30. The first-order valence-corrected chi connectivity index (χ1v) is 9.07. The first kappa shape index (κ1) is 18.8. The fraction of sp³-hybridized carbons (Fsp3) is 0.650. The summed E-state index contributed by atoms with van der Waals surface area (Å²) in [7, 11) is 0. The molecule has 1 heterocycles. The standard InChI is InChI=1S/C20H32N2O2/c1-6-10-18-15-21(14-17-11-8-7-9-12-17)16(2)13-22(18)19(23)24-20(3,4)5/h7-9,11-12,16,18H,6,10,13-15H2,1-5H3/t16?,18-/m1/s1. The van der Waals surface area contributed by atoms with Crippen LogP contribution >= 0.6 is 0 Å². The van der Waals surface area contributed by atoms with Crippen LogP contribution < -0.4 is 0 Å². The zero-order valence-electron chi connectivity index (χ0n) is 15.8. The predicted molar refractivity (Wildman–Crippen MR) is 98.0 cm³/mol. The van der Waals surface area contributed by atoms with Crippen molar-refractivity contribution in [1.29, 1.82) is 0 Å². The van der Waals surface area contributed by atoms with E-state index in [9.17, 15) is 4.79 Å². The van der Waals surface area contributed by atoms with Crippen molar-refractivity contribution in [2.24, 2.45) is 0 Å². The highest BCUT2D eigenvalue weighted by Gasteiger charge is 2.36. The molecule has 2 atom stereocenters. The normalized spacial score (nSPS) is 22.5. The maximum Gasteiger partial charge on any atom is 0.410 e. The molecule has 4 heteroatoms. The third kappa shape index (κ3) is 5.23. The molecular weight excluding hydrogens is 300 g/mol. The van der Waals surface area contributed by atoms with Gasteiger partial charge in [0.1, 0.15) is 5.60 Å². The second-order valence-corrected chi connectivity index (χ2v) is 7.84. The number of hydrogen-bond acceptors (Lipinski definition) is 3. The van der Waals surface area contributed by atoms with Crippen molar-refractivity contribution >= 4 is 6.09 Å². The summed E-state index contributed by atoms with van der Waals surface area (Å²) in [4.78, 5) is 17.0. The van der Waals surface area contributed by atoms with Crippen molar-refractivity contribution in [2.75, 3.05) is 13.1 Å². The monoisotopic (exact) mass is 332 g/mol. The van der Waals surface area contributed by atoms with Gasteiger partial charge in [0.2, 0.25) is 0 Å². The highest BCUT2D eigenvalue weighted by atomic mass is 16.6. The molecule has 0 spiro atoms. The van der Waals surface area contributed by atoms with Gasteiger partial charge >= 0.3 is 6.09 Å². The van der Waals surface area contributed by atoms with Crippen LogP contribution in [0.25, 0.3) is 0 Å². The van der Waals surface area contributed by atoms with E-state index in [1.165, 1.54) is 5.56 Å². The van der Waals surface area contributed by atoms with Crippen LogP contribution in [-0.2, 0) is 11.3 Å². The molecule has 0 aliphatic carbocycles. The molecule has 1 aliphatic heterocycles. The topological polar surface area (TPSA) is 32.8 Å². The van der Waals surface area contributed by atoms with E-state index in [0.717, 1.165) is 32.5 Å². The number of amides is 1. The first-order valence-electron chi connectivity index (χ1n) is 9.07. The Kier molecular flexibility index (Phi) is 6.27. The summed E-state index contributed by atoms with van der Waals surface area (Å²) in [6.45, 7) is 12.7. The molecule has 0 aromatic heterocycles. The Hall–Kier alpha value is -1.55. The first-order chi connectivity index (χ1) is 11.3. The van der Waals surface area contributed by atoms with Crippen molar-refractivity contribution in [3.05, 3.63) is 35.9 Å². The van der Waals surface area contributed by atoms with Crippen LogP contribution in [0.5, 0.6) is 0 Å². The molecule has 1 saturated heterocycles. The van der Waals surface area contributed by atoms with Gasteiger partial charge in [0.25, 0.3) is 0 Å². The minimum Gasteiger partial charge on any atom is -0.444 e. The van der Waals surface area contributed by atoms with Crippen LogP contribution in [0.15, 0.2) is 30.3 Å². The van der Waals surface area contributed by atoms with Gasteiger partial charge in [0.15, 0.2) is 0 Å². The summed E-state index contributed by atoms with van der Waals surface area (Å²) in [6, 6.07) is 11.1. The van der Waals surface area contributed by atoms with Crippen molar-refractivity contribution < 1.29 is 9.53 Å². The zero-order valence-corrected chi connectivity index (χ0v) is 15.8. The average Bonchev–Trinajstić information content (AvgIpc) is 2.50. The zero-order chi connectivity index (χ0) is 17.7. The van der Waals surface area contributed by atoms with E-state index in [-0.39, 0.29) is 12.1 Å². The number of nitrogens with zero attached hydrogens (tertiary/aromatic N) is 2. The molecule has 0 saturated carbocycles. The second-order valence-electron chi connectivity index (χ2n) is 7.84. The maximum absolute atomic E-state index is 12.6. The fourth-order valence-electron chi connectivity index (χ4n) is 3.26. The Balaban J connectivity index is 2.07. The molecule has 0 bridgehead atoms. The third-order valence-electron chi connectivity index (χ3n) is 4.45. The van der Waals surface area contributed by atoms with E-state index in [1.54, 1.807) is 0 Å². The lowest BCUT2D eigenvalue weighted by Crippen LogP contribution is -2.59. The summed E-state index contributed by atoms with van der Waals surface area (Å²) >= 11 is 0. The quantitative estimate of drug-likeness (QED) is 0.824. The van der Waals surface area contributed by atoms with E-state index in [0.29, 0.717) is 6.04 Å². The number of ether oxygens (including phenoxy) is 1. The van der Waals surface area contributed by atoms with E-state index in [2.05, 4.69) is 43.0 Å². The molecule has 134 valence electrons. The van der Waals surface area contributed by atoms with Crippen LogP contribution in [0.2, 0.25) is 0 Å². The smallest absolute Gasteiger partial charge is 0.410 e. The average molecular weight is 332 g/mol. The Labute approximate surface area is 146 Å². The Morgan fingerprint density at radius 3 is 2.46 bits per heavy atom. The van der Waals surface area contributed by atoms with E-state index in [4.69, 9.17) is 4.74 Å². The largest absolute Gasteiger partial charge is 0.444 e. The van der Waals surface area contributed by atoms with Crippen molar-refractivity contribution in [1.82, 2.24) is 9.80 Å². The van der Waals surface area contributed by atoms with Crippen LogP contribution in [0.3, 0.4) is 0 Å². The number of carbonyl (C=O) groups excluding carboxylic acids is 1. The molecule has 24 heavy (non-hydrogen) atoms. The van der Waals surface area contributed by atoms with Gasteiger partial charge < -0.3 is 9.64 Å². The van der Waals surface area contributed by atoms with Gasteiger partial charge in [-0.15, -0.1) is 0 Å². The van der Waals surface area contributed by atoms with Gasteiger partial charge in [-0.2, -0.15) is 0 Å². The van der Waals surface area contributed by atoms with Gasteiger partial charge in [-0.1, -0.05) is 43.7 Å². The summed E-state index contributed by atoms with van der Waals surface area (Å²) in [5, 5.41) is 0.